The summed E-state index contributed by atoms with van der Waals surface area (Å²) in [5.41, 5.74) is -0.422. The Labute approximate surface area is 116 Å². The van der Waals surface area contributed by atoms with E-state index in [1.54, 1.807) is 6.07 Å². The summed E-state index contributed by atoms with van der Waals surface area (Å²) in [6.07, 6.45) is 0. The van der Waals surface area contributed by atoms with Crippen LogP contribution in [0.2, 0.25) is 0 Å². The first-order valence-electron chi connectivity index (χ1n) is 5.39. The largest absolute Gasteiger partial charge is 0.478 e. The summed E-state index contributed by atoms with van der Waals surface area (Å²) in [5, 5.41) is 8.74. The summed E-state index contributed by atoms with van der Waals surface area (Å²) >= 11 is 3.09. The number of hydrogen-bond donors (Lipinski definition) is 1. The fraction of sp³-hybridized carbons (Fsp3) is 0.0714. The summed E-state index contributed by atoms with van der Waals surface area (Å²) in [4.78, 5) is 10.7. The Bertz CT molecular complexity index is 609. The lowest BCUT2D eigenvalue weighted by Gasteiger charge is -2.18. The molecule has 5 heteroatoms. The highest BCUT2D eigenvalue weighted by Crippen LogP contribution is 2.39. The molecule has 0 aliphatic heterocycles. The van der Waals surface area contributed by atoms with E-state index < -0.39 is 11.9 Å². The monoisotopic (exact) mass is 326 g/mol. The second-order valence-corrected chi connectivity index (χ2v) is 4.79. The Morgan fingerprint density at radius 3 is 2.16 bits per heavy atom. The van der Waals surface area contributed by atoms with Gasteiger partial charge in [0.05, 0.1) is 5.56 Å². The molecule has 0 heterocycles. The Morgan fingerprint density at radius 1 is 1.05 bits per heavy atom. The molecule has 0 unspecified atom stereocenters. The molecule has 0 saturated heterocycles. The molecule has 2 aromatic rings. The molecule has 0 saturated carbocycles. The topological polar surface area (TPSA) is 37.3 Å². The number of benzene rings is 2. The van der Waals surface area contributed by atoms with Gasteiger partial charge < -0.3 is 5.11 Å². The molecule has 0 spiro atoms. The van der Waals surface area contributed by atoms with E-state index in [-0.39, 0.29) is 16.7 Å². The molecule has 0 radical (unpaired) electrons. The standard InChI is InChI=1S/C14H9BrF2O2/c15-12-4-2-1-3-11(12)14(16,17)10-7-5-9(6-8-10)13(18)19/h1-8H,(H,18,19). The van der Waals surface area contributed by atoms with Crippen molar-refractivity contribution in [2.45, 2.75) is 5.92 Å². The molecule has 0 aliphatic carbocycles. The molecule has 0 fully saturated rings. The number of hydrogen-bond acceptors (Lipinski definition) is 1. The van der Waals surface area contributed by atoms with E-state index in [0.29, 0.717) is 4.47 Å². The van der Waals surface area contributed by atoms with Crippen molar-refractivity contribution >= 4 is 21.9 Å². The molecule has 19 heavy (non-hydrogen) atoms. The van der Waals surface area contributed by atoms with Crippen molar-refractivity contribution < 1.29 is 18.7 Å². The molecule has 2 nitrogen and oxygen atoms in total. The third kappa shape index (κ3) is 2.66. The molecule has 0 amide bonds. The molecule has 0 aromatic heterocycles. The Kier molecular flexibility index (Phi) is 3.66. The molecular formula is C14H9BrF2O2. The van der Waals surface area contributed by atoms with Gasteiger partial charge in [0.25, 0.3) is 5.92 Å². The lowest BCUT2D eigenvalue weighted by atomic mass is 9.99. The Balaban J connectivity index is 2.45. The molecule has 0 bridgehead atoms. The van der Waals surface area contributed by atoms with Crippen molar-refractivity contribution in [2.75, 3.05) is 0 Å². The lowest BCUT2D eigenvalue weighted by molar-refractivity contribution is 0.0419. The minimum atomic E-state index is -3.18. The van der Waals surface area contributed by atoms with Gasteiger partial charge in [0, 0.05) is 15.6 Å². The molecule has 98 valence electrons. The highest BCUT2D eigenvalue weighted by Gasteiger charge is 2.35. The van der Waals surface area contributed by atoms with Gasteiger partial charge in [-0.1, -0.05) is 46.3 Å². The Morgan fingerprint density at radius 2 is 1.63 bits per heavy atom. The van der Waals surface area contributed by atoms with Crippen LogP contribution in [0.3, 0.4) is 0 Å². The van der Waals surface area contributed by atoms with Crippen LogP contribution in [-0.4, -0.2) is 11.1 Å². The van der Waals surface area contributed by atoms with E-state index in [1.807, 2.05) is 0 Å². The third-order valence-corrected chi connectivity index (χ3v) is 3.40. The first kappa shape index (κ1) is 13.7. The minimum absolute atomic E-state index is 0.0216. The van der Waals surface area contributed by atoms with Crippen LogP contribution in [0.5, 0.6) is 0 Å². The van der Waals surface area contributed by atoms with Gasteiger partial charge in [-0.2, -0.15) is 8.78 Å². The first-order valence-corrected chi connectivity index (χ1v) is 6.19. The van der Waals surface area contributed by atoms with Crippen LogP contribution in [0.4, 0.5) is 8.78 Å². The minimum Gasteiger partial charge on any atom is -0.478 e. The van der Waals surface area contributed by atoms with Gasteiger partial charge in [-0.3, -0.25) is 0 Å². The van der Waals surface area contributed by atoms with Crippen LogP contribution >= 0.6 is 15.9 Å². The van der Waals surface area contributed by atoms with E-state index in [2.05, 4.69) is 15.9 Å². The summed E-state index contributed by atoms with van der Waals surface area (Å²) in [5.74, 6) is -4.33. The van der Waals surface area contributed by atoms with Crippen LogP contribution in [0.25, 0.3) is 0 Å². The molecular weight excluding hydrogens is 318 g/mol. The maximum Gasteiger partial charge on any atom is 0.335 e. The zero-order chi connectivity index (χ0) is 14.0. The average molecular weight is 327 g/mol. The summed E-state index contributed by atoms with van der Waals surface area (Å²) < 4.78 is 28.9. The zero-order valence-corrected chi connectivity index (χ0v) is 11.2. The van der Waals surface area contributed by atoms with Crippen molar-refractivity contribution in [3.05, 3.63) is 69.7 Å². The fourth-order valence-corrected chi connectivity index (χ4v) is 2.23. The SMILES string of the molecule is O=C(O)c1ccc(C(F)(F)c2ccccc2Br)cc1. The average Bonchev–Trinajstić information content (AvgIpc) is 2.39. The number of halogens is 3. The van der Waals surface area contributed by atoms with Crippen LogP contribution in [-0.2, 0) is 5.92 Å². The quantitative estimate of drug-likeness (QED) is 0.913. The van der Waals surface area contributed by atoms with Gasteiger partial charge in [-0.05, 0) is 18.2 Å². The van der Waals surface area contributed by atoms with Crippen molar-refractivity contribution in [3.8, 4) is 0 Å². The van der Waals surface area contributed by atoms with Crippen molar-refractivity contribution in [2.24, 2.45) is 0 Å². The van der Waals surface area contributed by atoms with Gasteiger partial charge in [0.1, 0.15) is 0 Å². The summed E-state index contributed by atoms with van der Waals surface area (Å²) in [6, 6.07) is 10.6. The fourth-order valence-electron chi connectivity index (χ4n) is 1.69. The van der Waals surface area contributed by atoms with Crippen molar-refractivity contribution in [1.29, 1.82) is 0 Å². The van der Waals surface area contributed by atoms with Gasteiger partial charge in [0.2, 0.25) is 0 Å². The maximum atomic E-state index is 14.3. The second-order valence-electron chi connectivity index (χ2n) is 3.94. The molecule has 2 aromatic carbocycles. The maximum absolute atomic E-state index is 14.3. The molecule has 0 atom stereocenters. The highest BCUT2D eigenvalue weighted by molar-refractivity contribution is 9.10. The summed E-state index contributed by atoms with van der Waals surface area (Å²) in [7, 11) is 0. The normalized spacial score (nSPS) is 11.3. The van der Waals surface area contributed by atoms with E-state index in [0.717, 1.165) is 12.1 Å². The summed E-state index contributed by atoms with van der Waals surface area (Å²) in [6.45, 7) is 0. The smallest absolute Gasteiger partial charge is 0.335 e. The van der Waals surface area contributed by atoms with E-state index in [9.17, 15) is 13.6 Å². The van der Waals surface area contributed by atoms with E-state index >= 15 is 0 Å². The molecule has 2 rings (SSSR count). The number of carbonyl (C=O) groups is 1. The van der Waals surface area contributed by atoms with Crippen LogP contribution in [0.15, 0.2) is 53.0 Å². The number of aromatic carboxylic acids is 1. The highest BCUT2D eigenvalue weighted by atomic mass is 79.9. The number of rotatable bonds is 3. The van der Waals surface area contributed by atoms with Gasteiger partial charge in [-0.15, -0.1) is 0 Å². The number of carboxylic acids is 1. The van der Waals surface area contributed by atoms with E-state index in [1.165, 1.54) is 30.3 Å². The van der Waals surface area contributed by atoms with E-state index in [4.69, 9.17) is 5.11 Å². The van der Waals surface area contributed by atoms with Gasteiger partial charge in [-0.25, -0.2) is 4.79 Å². The molecule has 0 aliphatic rings. The second kappa shape index (κ2) is 5.09. The van der Waals surface area contributed by atoms with Gasteiger partial charge in [0.15, 0.2) is 0 Å². The molecule has 1 N–H and O–H groups in total. The van der Waals surface area contributed by atoms with Crippen LogP contribution in [0.1, 0.15) is 21.5 Å². The van der Waals surface area contributed by atoms with Crippen LogP contribution in [0, 0.1) is 0 Å². The number of alkyl halides is 2. The zero-order valence-electron chi connectivity index (χ0n) is 9.61. The Hall–Kier alpha value is -1.75. The van der Waals surface area contributed by atoms with Crippen LogP contribution < -0.4 is 0 Å². The van der Waals surface area contributed by atoms with Gasteiger partial charge >= 0.3 is 5.97 Å². The third-order valence-electron chi connectivity index (χ3n) is 2.71. The van der Waals surface area contributed by atoms with Crippen molar-refractivity contribution in [1.82, 2.24) is 0 Å². The van der Waals surface area contributed by atoms with Crippen molar-refractivity contribution in [3.63, 3.8) is 0 Å². The number of carboxylic acid groups (broad SMARTS) is 1. The first-order chi connectivity index (χ1) is 8.93. The predicted molar refractivity (Wildman–Crippen MR) is 70.5 cm³/mol. The predicted octanol–water partition coefficient (Wildman–Crippen LogP) is 4.29. The lowest BCUT2D eigenvalue weighted by Crippen LogP contribution is -2.16.